The normalized spacial score (nSPS) is 11.4. The second-order valence-electron chi connectivity index (χ2n) is 3.07. The van der Waals surface area contributed by atoms with Crippen LogP contribution in [0.5, 0.6) is 0 Å². The molecule has 0 aliphatic carbocycles. The van der Waals surface area contributed by atoms with Gasteiger partial charge in [-0.25, -0.2) is 8.42 Å². The van der Waals surface area contributed by atoms with E-state index in [1.54, 1.807) is 24.1 Å². The van der Waals surface area contributed by atoms with Crippen molar-refractivity contribution >= 4 is 15.7 Å². The Hall–Kier alpha value is -1.15. The zero-order chi connectivity index (χ0) is 12.0. The average molecular weight is 245 g/mol. The van der Waals surface area contributed by atoms with Crippen LogP contribution in [-0.4, -0.2) is 28.7 Å². The first-order valence-electron chi connectivity index (χ1n) is 4.65. The number of sulfonamides is 1. The van der Waals surface area contributed by atoms with Gasteiger partial charge in [-0.05, 0) is 24.3 Å². The molecule has 4 N–H and O–H groups in total. The molecule has 0 saturated heterocycles. The maximum absolute atomic E-state index is 11.3. The van der Waals surface area contributed by atoms with Gasteiger partial charge in [0.1, 0.15) is 0 Å². The summed E-state index contributed by atoms with van der Waals surface area (Å²) >= 11 is 0. The highest BCUT2D eigenvalue weighted by molar-refractivity contribution is 7.89. The molecule has 0 aliphatic heterocycles. The summed E-state index contributed by atoms with van der Waals surface area (Å²) in [4.78, 5) is 1.89. The van der Waals surface area contributed by atoms with Crippen LogP contribution in [0.1, 0.15) is 0 Å². The van der Waals surface area contributed by atoms with Crippen molar-refractivity contribution < 1.29 is 13.2 Å². The van der Waals surface area contributed by atoms with Crippen molar-refractivity contribution in [3.8, 4) is 0 Å². The minimum absolute atomic E-state index is 0.132. The van der Waals surface area contributed by atoms with Gasteiger partial charge in [0.2, 0.25) is 0 Å². The summed E-state index contributed by atoms with van der Waals surface area (Å²) in [5, 5.41) is 3.07. The zero-order valence-electron chi connectivity index (χ0n) is 8.93. The fourth-order valence-corrected chi connectivity index (χ4v) is 1.75. The van der Waals surface area contributed by atoms with E-state index in [0.29, 0.717) is 13.2 Å². The summed E-state index contributed by atoms with van der Waals surface area (Å²) in [5.74, 6) is 4.90. The van der Waals surface area contributed by atoms with Gasteiger partial charge in [-0.15, -0.1) is 0 Å². The fraction of sp³-hybridized carbons (Fsp3) is 0.333. The molecule has 0 radical (unpaired) electrons. The largest absolute Gasteiger partial charge is 0.383 e. The number of hydrogen-bond donors (Lipinski definition) is 3. The maximum atomic E-state index is 11.3. The molecule has 6 nitrogen and oxygen atoms in total. The molecule has 0 amide bonds. The smallest absolute Gasteiger partial charge is 0.253 e. The minimum Gasteiger partial charge on any atom is -0.383 e. The van der Waals surface area contributed by atoms with Gasteiger partial charge in [-0.3, -0.25) is 5.84 Å². The number of nitrogens with one attached hydrogen (secondary N) is 2. The van der Waals surface area contributed by atoms with Gasteiger partial charge in [0, 0.05) is 19.3 Å². The quantitative estimate of drug-likeness (QED) is 0.369. The summed E-state index contributed by atoms with van der Waals surface area (Å²) in [6, 6.07) is 6.29. The molecule has 0 spiro atoms. The SMILES string of the molecule is COCCNc1ccc(S(=O)(=O)NN)cc1. The van der Waals surface area contributed by atoms with Crippen LogP contribution in [-0.2, 0) is 14.8 Å². The van der Waals surface area contributed by atoms with E-state index in [1.165, 1.54) is 12.1 Å². The number of nitrogens with two attached hydrogens (primary N) is 1. The monoisotopic (exact) mass is 245 g/mol. The van der Waals surface area contributed by atoms with Gasteiger partial charge < -0.3 is 10.1 Å². The number of ether oxygens (including phenoxy) is 1. The molecule has 0 atom stereocenters. The highest BCUT2D eigenvalue weighted by atomic mass is 32.2. The van der Waals surface area contributed by atoms with Crippen molar-refractivity contribution in [1.82, 2.24) is 4.83 Å². The van der Waals surface area contributed by atoms with E-state index >= 15 is 0 Å². The topological polar surface area (TPSA) is 93.4 Å². The molecule has 0 fully saturated rings. The first kappa shape index (κ1) is 12.9. The van der Waals surface area contributed by atoms with Crippen LogP contribution in [0.3, 0.4) is 0 Å². The molecule has 1 aromatic carbocycles. The molecule has 1 aromatic rings. The predicted molar refractivity (Wildman–Crippen MR) is 61.3 cm³/mol. The second kappa shape index (κ2) is 5.80. The van der Waals surface area contributed by atoms with Crippen LogP contribution >= 0.6 is 0 Å². The highest BCUT2D eigenvalue weighted by Crippen LogP contribution is 2.12. The Morgan fingerprint density at radius 1 is 1.31 bits per heavy atom. The van der Waals surface area contributed by atoms with Crippen molar-refractivity contribution in [2.45, 2.75) is 4.90 Å². The molecule has 7 heteroatoms. The lowest BCUT2D eigenvalue weighted by atomic mass is 10.3. The summed E-state index contributed by atoms with van der Waals surface area (Å²) in [7, 11) is -1.95. The number of hydrazine groups is 1. The first-order chi connectivity index (χ1) is 7.60. The Bertz CT molecular complexity index is 416. The van der Waals surface area contributed by atoms with Crippen molar-refractivity contribution in [2.24, 2.45) is 5.84 Å². The van der Waals surface area contributed by atoms with Gasteiger partial charge in [0.15, 0.2) is 0 Å². The molecular weight excluding hydrogens is 230 g/mol. The van der Waals surface area contributed by atoms with Crippen LogP contribution < -0.4 is 16.0 Å². The van der Waals surface area contributed by atoms with E-state index in [4.69, 9.17) is 10.6 Å². The van der Waals surface area contributed by atoms with Gasteiger partial charge in [-0.2, -0.15) is 4.83 Å². The lowest BCUT2D eigenvalue weighted by Crippen LogP contribution is -2.30. The third kappa shape index (κ3) is 3.46. The third-order valence-corrected chi connectivity index (χ3v) is 3.16. The summed E-state index contributed by atoms with van der Waals surface area (Å²) in [6.07, 6.45) is 0. The van der Waals surface area contributed by atoms with E-state index in [0.717, 1.165) is 5.69 Å². The van der Waals surface area contributed by atoms with Crippen LogP contribution in [0.2, 0.25) is 0 Å². The zero-order valence-corrected chi connectivity index (χ0v) is 9.75. The maximum Gasteiger partial charge on any atom is 0.253 e. The molecule has 0 saturated carbocycles. The van der Waals surface area contributed by atoms with E-state index in [1.807, 2.05) is 0 Å². The van der Waals surface area contributed by atoms with E-state index in [2.05, 4.69) is 5.32 Å². The van der Waals surface area contributed by atoms with Crippen LogP contribution in [0.25, 0.3) is 0 Å². The molecule has 0 unspecified atom stereocenters. The van der Waals surface area contributed by atoms with Crippen LogP contribution in [0.4, 0.5) is 5.69 Å². The van der Waals surface area contributed by atoms with E-state index in [-0.39, 0.29) is 4.90 Å². The fourth-order valence-electron chi connectivity index (χ4n) is 1.12. The van der Waals surface area contributed by atoms with E-state index in [9.17, 15) is 8.42 Å². The molecule has 0 bridgehead atoms. The lowest BCUT2D eigenvalue weighted by molar-refractivity contribution is 0.211. The van der Waals surface area contributed by atoms with E-state index < -0.39 is 10.0 Å². The first-order valence-corrected chi connectivity index (χ1v) is 6.14. The Morgan fingerprint density at radius 2 is 1.94 bits per heavy atom. The van der Waals surface area contributed by atoms with Crippen molar-refractivity contribution in [3.63, 3.8) is 0 Å². The average Bonchev–Trinajstić information content (AvgIpc) is 2.30. The Labute approximate surface area is 94.8 Å². The summed E-state index contributed by atoms with van der Waals surface area (Å²) in [5.41, 5.74) is 0.827. The number of benzene rings is 1. The number of hydrogen-bond acceptors (Lipinski definition) is 5. The van der Waals surface area contributed by atoms with Crippen molar-refractivity contribution in [2.75, 3.05) is 25.6 Å². The van der Waals surface area contributed by atoms with Crippen LogP contribution in [0, 0.1) is 0 Å². The minimum atomic E-state index is -3.56. The molecule has 0 aliphatic rings. The number of methoxy groups -OCH3 is 1. The predicted octanol–water partition coefficient (Wildman–Crippen LogP) is -0.103. The molecule has 90 valence electrons. The van der Waals surface area contributed by atoms with Crippen molar-refractivity contribution in [3.05, 3.63) is 24.3 Å². The Morgan fingerprint density at radius 3 is 2.44 bits per heavy atom. The van der Waals surface area contributed by atoms with Crippen LogP contribution in [0.15, 0.2) is 29.2 Å². The third-order valence-electron chi connectivity index (χ3n) is 1.96. The highest BCUT2D eigenvalue weighted by Gasteiger charge is 2.10. The Balaban J connectivity index is 2.68. The van der Waals surface area contributed by atoms with Gasteiger partial charge in [0.25, 0.3) is 10.0 Å². The molecular formula is C9H15N3O3S. The van der Waals surface area contributed by atoms with Gasteiger partial charge in [-0.1, -0.05) is 0 Å². The molecule has 1 rings (SSSR count). The molecule has 0 aromatic heterocycles. The second-order valence-corrected chi connectivity index (χ2v) is 4.78. The molecule has 16 heavy (non-hydrogen) atoms. The lowest BCUT2D eigenvalue weighted by Gasteiger charge is -2.06. The number of rotatable bonds is 6. The standard InChI is InChI=1S/C9H15N3O3S/c1-15-7-6-11-8-2-4-9(5-3-8)16(13,14)12-10/h2-5,11-12H,6-7,10H2,1H3. The number of anilines is 1. The van der Waals surface area contributed by atoms with Crippen molar-refractivity contribution in [1.29, 1.82) is 0 Å². The molecule has 0 heterocycles. The Kier molecular flexibility index (Phi) is 4.69. The van der Waals surface area contributed by atoms with Gasteiger partial charge >= 0.3 is 0 Å². The van der Waals surface area contributed by atoms with Gasteiger partial charge in [0.05, 0.1) is 11.5 Å². The summed E-state index contributed by atoms with van der Waals surface area (Å²) < 4.78 is 27.5. The summed E-state index contributed by atoms with van der Waals surface area (Å²) in [6.45, 7) is 1.25.